The summed E-state index contributed by atoms with van der Waals surface area (Å²) < 4.78 is 6.44. The smallest absolute Gasteiger partial charge is 0.143 e. The molecule has 0 amide bonds. The average Bonchev–Trinajstić information content (AvgIpc) is 3.69. The maximum absolute atomic E-state index is 6.44. The molecule has 0 aliphatic heterocycles. The van der Waals surface area contributed by atoms with Crippen LogP contribution in [-0.4, -0.2) is 0 Å². The van der Waals surface area contributed by atoms with Crippen LogP contribution in [0.4, 0.5) is 17.1 Å². The van der Waals surface area contributed by atoms with E-state index >= 15 is 0 Å². The molecule has 0 aliphatic rings. The molecular weight excluding hydrogens is 703 g/mol. The highest BCUT2D eigenvalue weighted by Gasteiger charge is 2.19. The number of hydrogen-bond acceptors (Lipinski definition) is 2. The van der Waals surface area contributed by atoms with Gasteiger partial charge < -0.3 is 9.32 Å². The zero-order valence-corrected chi connectivity index (χ0v) is 31.7. The van der Waals surface area contributed by atoms with E-state index in [1.54, 1.807) is 0 Å². The lowest BCUT2D eigenvalue weighted by atomic mass is 9.96. The second-order valence-electron chi connectivity index (χ2n) is 14.9. The van der Waals surface area contributed by atoms with Crippen molar-refractivity contribution in [3.8, 4) is 44.5 Å². The number of fused-ring (bicyclic) bond motifs is 5. The van der Waals surface area contributed by atoms with E-state index in [1.165, 1.54) is 43.8 Å². The van der Waals surface area contributed by atoms with Gasteiger partial charge >= 0.3 is 0 Å². The van der Waals surface area contributed by atoms with Crippen molar-refractivity contribution < 1.29 is 4.42 Å². The molecule has 0 fully saturated rings. The predicted molar refractivity (Wildman–Crippen MR) is 245 cm³/mol. The molecule has 11 rings (SSSR count). The first kappa shape index (κ1) is 33.6. The summed E-state index contributed by atoms with van der Waals surface area (Å²) in [5, 5.41) is 7.25. The summed E-state index contributed by atoms with van der Waals surface area (Å²) in [4.78, 5) is 2.38. The summed E-state index contributed by atoms with van der Waals surface area (Å²) in [6.45, 7) is 0. The number of nitrogens with zero attached hydrogens (tertiary/aromatic N) is 1. The maximum Gasteiger partial charge on any atom is 0.143 e. The number of hydrogen-bond donors (Lipinski definition) is 0. The largest absolute Gasteiger partial charge is 0.455 e. The quantitative estimate of drug-likeness (QED) is 0.162. The molecule has 2 heteroatoms. The van der Waals surface area contributed by atoms with Crippen LogP contribution in [0.1, 0.15) is 0 Å². The van der Waals surface area contributed by atoms with Crippen LogP contribution in [0.25, 0.3) is 88.0 Å². The Balaban J connectivity index is 1.00. The molecular formula is C56H37NO. The van der Waals surface area contributed by atoms with Crippen molar-refractivity contribution >= 4 is 60.5 Å². The summed E-state index contributed by atoms with van der Waals surface area (Å²) >= 11 is 0. The average molecular weight is 740 g/mol. The number of anilines is 3. The van der Waals surface area contributed by atoms with Gasteiger partial charge in [0.2, 0.25) is 0 Å². The highest BCUT2D eigenvalue weighted by Crippen LogP contribution is 2.43. The van der Waals surface area contributed by atoms with Crippen molar-refractivity contribution in [2.75, 3.05) is 4.90 Å². The Morgan fingerprint density at radius 2 is 0.741 bits per heavy atom. The van der Waals surface area contributed by atoms with E-state index in [2.05, 4.69) is 217 Å². The predicted octanol–water partition coefficient (Wildman–Crippen LogP) is 16.0. The molecule has 0 saturated carbocycles. The Kier molecular flexibility index (Phi) is 8.19. The normalized spacial score (nSPS) is 11.4. The van der Waals surface area contributed by atoms with Gasteiger partial charge in [-0.2, -0.15) is 0 Å². The van der Waals surface area contributed by atoms with Gasteiger partial charge in [0, 0.05) is 33.3 Å². The van der Waals surface area contributed by atoms with Crippen LogP contribution >= 0.6 is 0 Å². The van der Waals surface area contributed by atoms with Gasteiger partial charge in [0.25, 0.3) is 0 Å². The van der Waals surface area contributed by atoms with Crippen LogP contribution < -0.4 is 4.90 Å². The van der Waals surface area contributed by atoms with Gasteiger partial charge in [0.15, 0.2) is 0 Å². The zero-order valence-electron chi connectivity index (χ0n) is 31.7. The second-order valence-corrected chi connectivity index (χ2v) is 14.9. The minimum atomic E-state index is 0.904. The van der Waals surface area contributed by atoms with E-state index in [9.17, 15) is 0 Å². The lowest BCUT2D eigenvalue weighted by Crippen LogP contribution is -2.11. The zero-order chi connectivity index (χ0) is 38.4. The first-order valence-corrected chi connectivity index (χ1v) is 19.8. The van der Waals surface area contributed by atoms with Crippen LogP contribution in [-0.2, 0) is 0 Å². The summed E-state index contributed by atoms with van der Waals surface area (Å²) in [6.07, 6.45) is 0. The van der Waals surface area contributed by atoms with E-state index in [1.807, 2.05) is 12.1 Å². The van der Waals surface area contributed by atoms with E-state index in [0.29, 0.717) is 0 Å². The molecule has 58 heavy (non-hydrogen) atoms. The fourth-order valence-electron chi connectivity index (χ4n) is 8.49. The van der Waals surface area contributed by atoms with Crippen molar-refractivity contribution in [2.45, 2.75) is 0 Å². The molecule has 0 atom stereocenters. The maximum atomic E-state index is 6.44. The molecule has 0 N–H and O–H groups in total. The van der Waals surface area contributed by atoms with Crippen LogP contribution in [0, 0.1) is 0 Å². The van der Waals surface area contributed by atoms with Gasteiger partial charge in [-0.15, -0.1) is 0 Å². The first-order valence-electron chi connectivity index (χ1n) is 19.8. The minimum Gasteiger partial charge on any atom is -0.455 e. The van der Waals surface area contributed by atoms with Crippen LogP contribution in [0.3, 0.4) is 0 Å². The lowest BCUT2D eigenvalue weighted by Gasteiger charge is -2.28. The Morgan fingerprint density at radius 1 is 0.293 bits per heavy atom. The summed E-state index contributed by atoms with van der Waals surface area (Å²) in [5.41, 5.74) is 14.4. The topological polar surface area (TPSA) is 16.4 Å². The van der Waals surface area contributed by atoms with E-state index in [0.717, 1.165) is 61.3 Å². The van der Waals surface area contributed by atoms with Gasteiger partial charge in [-0.25, -0.2) is 0 Å². The number of furan rings is 1. The Hall–Kier alpha value is -7.68. The number of para-hydroxylation sites is 3. The van der Waals surface area contributed by atoms with E-state index < -0.39 is 0 Å². The second kappa shape index (κ2) is 14.1. The standard InChI is InChI=1S/C56H37NO/c1-3-12-44-36-46(26-22-38(44)10-1)40-20-24-42(25-21-40)50-14-5-7-18-54(50)57(48-32-28-41(29-33-48)47-27-23-39-11-2-4-13-45(39)37-47)49-34-30-43(31-35-49)51-16-9-17-53-52-15-6-8-19-55(52)58-56(51)53/h1-37H. The third-order valence-corrected chi connectivity index (χ3v) is 11.5. The molecule has 0 radical (unpaired) electrons. The first-order chi connectivity index (χ1) is 28.7. The molecule has 10 aromatic carbocycles. The molecule has 11 aromatic rings. The SMILES string of the molecule is c1ccc(N(c2ccc(-c3ccc4ccccc4c3)cc2)c2ccc(-c3cccc4c3oc3ccccc34)cc2)c(-c2ccc(-c3ccc4ccccc4c3)cc2)c1. The summed E-state index contributed by atoms with van der Waals surface area (Å²) in [7, 11) is 0. The van der Waals surface area contributed by atoms with Crippen molar-refractivity contribution in [1.82, 2.24) is 0 Å². The van der Waals surface area contributed by atoms with E-state index in [4.69, 9.17) is 4.42 Å². The van der Waals surface area contributed by atoms with Gasteiger partial charge in [0.05, 0.1) is 5.69 Å². The third-order valence-electron chi connectivity index (χ3n) is 11.5. The van der Waals surface area contributed by atoms with Gasteiger partial charge in [-0.05, 0) is 103 Å². The fourth-order valence-corrected chi connectivity index (χ4v) is 8.49. The van der Waals surface area contributed by atoms with Crippen molar-refractivity contribution in [3.63, 3.8) is 0 Å². The molecule has 0 unspecified atom stereocenters. The number of benzene rings is 10. The number of rotatable bonds is 7. The van der Waals surface area contributed by atoms with Gasteiger partial charge in [0.1, 0.15) is 11.2 Å². The van der Waals surface area contributed by atoms with Crippen LogP contribution in [0.2, 0.25) is 0 Å². The van der Waals surface area contributed by atoms with Gasteiger partial charge in [-0.1, -0.05) is 176 Å². The van der Waals surface area contributed by atoms with E-state index in [-0.39, 0.29) is 0 Å². The lowest BCUT2D eigenvalue weighted by molar-refractivity contribution is 0.670. The van der Waals surface area contributed by atoms with Crippen LogP contribution in [0.5, 0.6) is 0 Å². The Morgan fingerprint density at radius 3 is 1.40 bits per heavy atom. The molecule has 1 heterocycles. The molecule has 0 saturated heterocycles. The molecule has 0 aliphatic carbocycles. The van der Waals surface area contributed by atoms with Crippen LogP contribution in [0.15, 0.2) is 229 Å². The molecule has 272 valence electrons. The highest BCUT2D eigenvalue weighted by atomic mass is 16.3. The third kappa shape index (κ3) is 6.00. The highest BCUT2D eigenvalue weighted by molar-refractivity contribution is 6.09. The van der Waals surface area contributed by atoms with Gasteiger partial charge in [-0.3, -0.25) is 0 Å². The van der Waals surface area contributed by atoms with Crippen molar-refractivity contribution in [3.05, 3.63) is 224 Å². The fraction of sp³-hybridized carbons (Fsp3) is 0. The molecule has 0 spiro atoms. The molecule has 2 nitrogen and oxygen atoms in total. The Labute approximate surface area is 337 Å². The molecule has 1 aromatic heterocycles. The Bertz CT molecular complexity index is 3270. The molecule has 0 bridgehead atoms. The minimum absolute atomic E-state index is 0.904. The summed E-state index contributed by atoms with van der Waals surface area (Å²) in [6, 6.07) is 80.7. The van der Waals surface area contributed by atoms with Crippen molar-refractivity contribution in [2.24, 2.45) is 0 Å². The van der Waals surface area contributed by atoms with Crippen molar-refractivity contribution in [1.29, 1.82) is 0 Å². The monoisotopic (exact) mass is 739 g/mol. The summed E-state index contributed by atoms with van der Waals surface area (Å²) in [5.74, 6) is 0.